The second-order valence-corrected chi connectivity index (χ2v) is 9.02. The molecule has 33 heavy (non-hydrogen) atoms. The minimum Gasteiger partial charge on any atom is -0.493 e. The van der Waals surface area contributed by atoms with Gasteiger partial charge in [0, 0.05) is 6.54 Å². The number of methoxy groups -OCH3 is 1. The lowest BCUT2D eigenvalue weighted by molar-refractivity contribution is 0.0728. The highest BCUT2D eigenvalue weighted by Crippen LogP contribution is 2.41. The van der Waals surface area contributed by atoms with Gasteiger partial charge < -0.3 is 18.8 Å². The molecule has 0 fully saturated rings. The van der Waals surface area contributed by atoms with Crippen molar-refractivity contribution in [3.05, 3.63) is 69.1 Å². The van der Waals surface area contributed by atoms with Gasteiger partial charge in [0.15, 0.2) is 16.9 Å². The van der Waals surface area contributed by atoms with Crippen molar-refractivity contribution in [2.45, 2.75) is 46.6 Å². The summed E-state index contributed by atoms with van der Waals surface area (Å²) in [7, 11) is 1.59. The average molecular weight is 450 g/mol. The minimum atomic E-state index is -0.535. The van der Waals surface area contributed by atoms with Crippen LogP contribution in [0.5, 0.6) is 11.5 Å². The van der Waals surface area contributed by atoms with Crippen LogP contribution >= 0.6 is 0 Å². The molecule has 0 radical (unpaired) electrons. The molecular formula is C27H31NO5. The third kappa shape index (κ3) is 4.22. The zero-order valence-electron chi connectivity index (χ0n) is 19.9. The summed E-state index contributed by atoms with van der Waals surface area (Å²) in [6, 6.07) is 10.5. The first-order valence-corrected chi connectivity index (χ1v) is 11.5. The molecule has 0 spiro atoms. The maximum absolute atomic E-state index is 13.6. The fraction of sp³-hybridized carbons (Fsp3) is 0.407. The van der Waals surface area contributed by atoms with Gasteiger partial charge in [-0.2, -0.15) is 0 Å². The maximum Gasteiger partial charge on any atom is 0.290 e. The van der Waals surface area contributed by atoms with Gasteiger partial charge in [-0.3, -0.25) is 9.59 Å². The predicted octanol–water partition coefficient (Wildman–Crippen LogP) is 5.49. The topological polar surface area (TPSA) is 69.0 Å². The molecule has 0 N–H and O–H groups in total. The highest BCUT2D eigenvalue weighted by atomic mass is 16.5. The lowest BCUT2D eigenvalue weighted by Crippen LogP contribution is -2.30. The fourth-order valence-corrected chi connectivity index (χ4v) is 4.33. The summed E-state index contributed by atoms with van der Waals surface area (Å²) >= 11 is 0. The minimum absolute atomic E-state index is 0.131. The largest absolute Gasteiger partial charge is 0.493 e. The van der Waals surface area contributed by atoms with Crippen molar-refractivity contribution >= 4 is 16.9 Å². The number of rotatable bonds is 8. The molecule has 0 bridgehead atoms. The van der Waals surface area contributed by atoms with Crippen LogP contribution in [-0.2, 0) is 0 Å². The Morgan fingerprint density at radius 2 is 1.88 bits per heavy atom. The zero-order valence-corrected chi connectivity index (χ0v) is 19.9. The Bertz CT molecular complexity index is 1240. The molecule has 6 nitrogen and oxygen atoms in total. The molecule has 3 aromatic rings. The maximum atomic E-state index is 13.6. The summed E-state index contributed by atoms with van der Waals surface area (Å²) < 4.78 is 17.5. The first kappa shape index (κ1) is 22.9. The van der Waals surface area contributed by atoms with Crippen LogP contribution in [-0.4, -0.2) is 31.1 Å². The quantitative estimate of drug-likeness (QED) is 0.455. The third-order valence-corrected chi connectivity index (χ3v) is 6.04. The highest BCUT2D eigenvalue weighted by Gasteiger charge is 2.42. The van der Waals surface area contributed by atoms with Crippen LogP contribution in [0.1, 0.15) is 66.9 Å². The SMILES string of the molecule is CCCN1C(=O)c2oc3ccc(C)cc3c(=O)c2[C@@H]1c1ccc(OCCC(C)C)c(OC)c1. The first-order valence-electron chi connectivity index (χ1n) is 11.5. The molecule has 0 unspecified atom stereocenters. The van der Waals surface area contributed by atoms with Crippen LogP contribution in [0.25, 0.3) is 11.0 Å². The Labute approximate surface area is 194 Å². The molecular weight excluding hydrogens is 418 g/mol. The molecule has 2 heterocycles. The second-order valence-electron chi connectivity index (χ2n) is 9.02. The lowest BCUT2D eigenvalue weighted by Gasteiger charge is -2.25. The van der Waals surface area contributed by atoms with Crippen molar-refractivity contribution in [3.63, 3.8) is 0 Å². The Balaban J connectivity index is 1.83. The fourth-order valence-electron chi connectivity index (χ4n) is 4.33. The first-order chi connectivity index (χ1) is 15.8. The third-order valence-electron chi connectivity index (χ3n) is 6.04. The van der Waals surface area contributed by atoms with Gasteiger partial charge >= 0.3 is 0 Å². The Morgan fingerprint density at radius 3 is 2.58 bits per heavy atom. The van der Waals surface area contributed by atoms with E-state index in [-0.39, 0.29) is 17.1 Å². The van der Waals surface area contributed by atoms with Gasteiger partial charge in [-0.15, -0.1) is 0 Å². The van der Waals surface area contributed by atoms with Gasteiger partial charge in [0.2, 0.25) is 5.76 Å². The summed E-state index contributed by atoms with van der Waals surface area (Å²) in [6.45, 7) is 9.34. The Hall–Kier alpha value is -3.28. The number of carbonyl (C=O) groups excluding carboxylic acids is 1. The number of hydrogen-bond donors (Lipinski definition) is 0. The van der Waals surface area contributed by atoms with Crippen LogP contribution in [0.4, 0.5) is 0 Å². The molecule has 6 heteroatoms. The number of carbonyl (C=O) groups is 1. The molecule has 4 rings (SSSR count). The van der Waals surface area contributed by atoms with E-state index in [0.29, 0.717) is 47.1 Å². The number of fused-ring (bicyclic) bond motifs is 2. The van der Waals surface area contributed by atoms with Crippen molar-refractivity contribution in [2.24, 2.45) is 5.92 Å². The highest BCUT2D eigenvalue weighted by molar-refractivity contribution is 5.99. The van der Waals surface area contributed by atoms with Gasteiger partial charge in [-0.05, 0) is 55.5 Å². The molecule has 1 aliphatic rings. The van der Waals surface area contributed by atoms with Crippen molar-refractivity contribution in [3.8, 4) is 11.5 Å². The number of hydrogen-bond acceptors (Lipinski definition) is 5. The van der Waals surface area contributed by atoms with Crippen molar-refractivity contribution in [2.75, 3.05) is 20.3 Å². The van der Waals surface area contributed by atoms with Crippen LogP contribution in [0.3, 0.4) is 0 Å². The van der Waals surface area contributed by atoms with Gasteiger partial charge in [-0.25, -0.2) is 0 Å². The zero-order chi connectivity index (χ0) is 23.7. The normalized spacial score (nSPS) is 15.4. The van der Waals surface area contributed by atoms with E-state index in [0.717, 1.165) is 24.0 Å². The molecule has 1 aliphatic heterocycles. The number of benzene rings is 2. The molecule has 2 aromatic carbocycles. The number of nitrogens with zero attached hydrogens (tertiary/aromatic N) is 1. The summed E-state index contributed by atoms with van der Waals surface area (Å²) in [5.41, 5.74) is 2.42. The van der Waals surface area contributed by atoms with Crippen LogP contribution in [0, 0.1) is 12.8 Å². The predicted molar refractivity (Wildman–Crippen MR) is 128 cm³/mol. The molecule has 0 aliphatic carbocycles. The molecule has 1 atom stereocenters. The van der Waals surface area contributed by atoms with Crippen LogP contribution in [0.15, 0.2) is 45.6 Å². The van der Waals surface area contributed by atoms with E-state index in [1.807, 2.05) is 44.2 Å². The molecule has 1 aromatic heterocycles. The monoisotopic (exact) mass is 449 g/mol. The Morgan fingerprint density at radius 1 is 1.09 bits per heavy atom. The summed E-state index contributed by atoms with van der Waals surface area (Å²) in [6.07, 6.45) is 1.70. The lowest BCUT2D eigenvalue weighted by atomic mass is 9.97. The van der Waals surface area contributed by atoms with E-state index in [1.54, 1.807) is 18.1 Å². The number of amides is 1. The summed E-state index contributed by atoms with van der Waals surface area (Å²) in [5.74, 6) is 1.64. The van der Waals surface area contributed by atoms with Crippen LogP contribution in [0.2, 0.25) is 0 Å². The van der Waals surface area contributed by atoms with E-state index in [4.69, 9.17) is 13.9 Å². The van der Waals surface area contributed by atoms with Gasteiger partial charge in [0.05, 0.1) is 30.7 Å². The molecule has 1 amide bonds. The van der Waals surface area contributed by atoms with Gasteiger partial charge in [0.1, 0.15) is 5.58 Å². The van der Waals surface area contributed by atoms with E-state index in [2.05, 4.69) is 13.8 Å². The van der Waals surface area contributed by atoms with E-state index in [9.17, 15) is 9.59 Å². The number of aryl methyl sites for hydroxylation is 1. The van der Waals surface area contributed by atoms with Gasteiger partial charge in [0.25, 0.3) is 5.91 Å². The standard InChI is InChI=1S/C27H31NO5/c1-6-12-28-24(18-8-10-21(22(15-18)31-5)32-13-11-16(2)3)23-25(29)19-14-17(4)7-9-20(19)33-26(23)27(28)30/h7-10,14-16,24H,6,11-13H2,1-5H3/t24-/m0/s1. The van der Waals surface area contributed by atoms with Crippen LogP contribution < -0.4 is 14.9 Å². The van der Waals surface area contributed by atoms with E-state index >= 15 is 0 Å². The van der Waals surface area contributed by atoms with Crippen molar-refractivity contribution < 1.29 is 18.7 Å². The van der Waals surface area contributed by atoms with E-state index in [1.165, 1.54) is 0 Å². The van der Waals surface area contributed by atoms with Crippen molar-refractivity contribution in [1.82, 2.24) is 4.90 Å². The summed E-state index contributed by atoms with van der Waals surface area (Å²) in [4.78, 5) is 28.6. The number of ether oxygens (including phenoxy) is 2. The average Bonchev–Trinajstić information content (AvgIpc) is 3.06. The molecule has 0 saturated heterocycles. The second kappa shape index (κ2) is 9.30. The van der Waals surface area contributed by atoms with Crippen molar-refractivity contribution in [1.29, 1.82) is 0 Å². The Kier molecular flexibility index (Phi) is 6.45. The molecule has 174 valence electrons. The summed E-state index contributed by atoms with van der Waals surface area (Å²) in [5, 5.41) is 0.491. The smallest absolute Gasteiger partial charge is 0.290 e. The van der Waals surface area contributed by atoms with Gasteiger partial charge in [-0.1, -0.05) is 38.5 Å². The molecule has 0 saturated carbocycles. The van der Waals surface area contributed by atoms with E-state index < -0.39 is 6.04 Å².